The molecule has 0 aliphatic carbocycles. The molecule has 0 atom stereocenters. The lowest BCUT2D eigenvalue weighted by molar-refractivity contribution is 0.0606. The van der Waals surface area contributed by atoms with E-state index >= 15 is 0 Å². The average Bonchev–Trinajstić information content (AvgIpc) is 3.07. The molecule has 0 fully saturated rings. The first kappa shape index (κ1) is 17.5. The SMILES string of the molecule is COC(=O)c1cnc(NC(=O)c2cc(OC)c(OC)cc2OC)s1. The van der Waals surface area contributed by atoms with Crippen molar-refractivity contribution < 1.29 is 28.5 Å². The number of thiazole rings is 1. The Labute approximate surface area is 142 Å². The summed E-state index contributed by atoms with van der Waals surface area (Å²) < 4.78 is 20.2. The van der Waals surface area contributed by atoms with Gasteiger partial charge in [0.15, 0.2) is 16.6 Å². The summed E-state index contributed by atoms with van der Waals surface area (Å²) in [6.45, 7) is 0. The van der Waals surface area contributed by atoms with Crippen molar-refractivity contribution in [3.05, 3.63) is 28.8 Å². The van der Waals surface area contributed by atoms with E-state index in [1.54, 1.807) is 6.07 Å². The summed E-state index contributed by atoms with van der Waals surface area (Å²) in [5.41, 5.74) is 0.241. The Kier molecular flexibility index (Phi) is 5.59. The smallest absolute Gasteiger partial charge is 0.349 e. The van der Waals surface area contributed by atoms with Gasteiger partial charge < -0.3 is 18.9 Å². The van der Waals surface area contributed by atoms with Crippen LogP contribution in [0.3, 0.4) is 0 Å². The number of anilines is 1. The minimum absolute atomic E-state index is 0.241. The molecule has 2 aromatic rings. The molecule has 0 bridgehead atoms. The van der Waals surface area contributed by atoms with E-state index in [-0.39, 0.29) is 15.6 Å². The second-order valence-corrected chi connectivity index (χ2v) is 5.41. The number of ether oxygens (including phenoxy) is 4. The molecule has 8 nitrogen and oxygen atoms in total. The molecule has 128 valence electrons. The van der Waals surface area contributed by atoms with Crippen molar-refractivity contribution in [3.63, 3.8) is 0 Å². The van der Waals surface area contributed by atoms with E-state index in [9.17, 15) is 9.59 Å². The summed E-state index contributed by atoms with van der Waals surface area (Å²) in [6.07, 6.45) is 1.33. The maximum atomic E-state index is 12.5. The second-order valence-electron chi connectivity index (χ2n) is 4.38. The zero-order chi connectivity index (χ0) is 17.7. The topological polar surface area (TPSA) is 96.0 Å². The maximum Gasteiger partial charge on any atom is 0.349 e. The van der Waals surface area contributed by atoms with Gasteiger partial charge in [0.2, 0.25) is 0 Å². The van der Waals surface area contributed by atoms with Gasteiger partial charge in [0, 0.05) is 12.1 Å². The molecule has 0 saturated heterocycles. The molecule has 1 amide bonds. The van der Waals surface area contributed by atoms with Crippen LogP contribution in [-0.2, 0) is 4.74 Å². The lowest BCUT2D eigenvalue weighted by Gasteiger charge is -2.13. The monoisotopic (exact) mass is 352 g/mol. The highest BCUT2D eigenvalue weighted by atomic mass is 32.1. The minimum atomic E-state index is -0.517. The lowest BCUT2D eigenvalue weighted by Crippen LogP contribution is -2.13. The van der Waals surface area contributed by atoms with Crippen molar-refractivity contribution >= 4 is 28.3 Å². The van der Waals surface area contributed by atoms with Gasteiger partial charge in [-0.15, -0.1) is 0 Å². The van der Waals surface area contributed by atoms with Gasteiger partial charge in [-0.25, -0.2) is 9.78 Å². The molecular weight excluding hydrogens is 336 g/mol. The maximum absolute atomic E-state index is 12.5. The zero-order valence-corrected chi connectivity index (χ0v) is 14.4. The Balaban J connectivity index is 2.28. The van der Waals surface area contributed by atoms with Crippen LogP contribution in [-0.4, -0.2) is 45.3 Å². The van der Waals surface area contributed by atoms with Crippen LogP contribution in [0.1, 0.15) is 20.0 Å². The first-order chi connectivity index (χ1) is 11.5. The van der Waals surface area contributed by atoms with Crippen LogP contribution in [0.25, 0.3) is 0 Å². The average molecular weight is 352 g/mol. The molecule has 2 rings (SSSR count). The summed E-state index contributed by atoms with van der Waals surface area (Å²) >= 11 is 1.01. The van der Waals surface area contributed by atoms with E-state index in [1.165, 1.54) is 40.7 Å². The number of methoxy groups -OCH3 is 4. The van der Waals surface area contributed by atoms with Gasteiger partial charge in [0.1, 0.15) is 10.6 Å². The molecule has 0 unspecified atom stereocenters. The fraction of sp³-hybridized carbons (Fsp3) is 0.267. The molecule has 0 saturated carbocycles. The Bertz CT molecular complexity index is 758. The molecule has 0 aliphatic rings. The molecule has 24 heavy (non-hydrogen) atoms. The highest BCUT2D eigenvalue weighted by Gasteiger charge is 2.19. The van der Waals surface area contributed by atoms with E-state index in [4.69, 9.17) is 14.2 Å². The van der Waals surface area contributed by atoms with E-state index in [0.717, 1.165) is 11.3 Å². The summed E-state index contributed by atoms with van der Waals surface area (Å²) in [6, 6.07) is 3.05. The van der Waals surface area contributed by atoms with Crippen molar-refractivity contribution in [2.24, 2.45) is 0 Å². The number of benzene rings is 1. The summed E-state index contributed by atoms with van der Waals surface area (Å²) in [4.78, 5) is 28.2. The van der Waals surface area contributed by atoms with Crippen LogP contribution < -0.4 is 19.5 Å². The number of hydrogen-bond donors (Lipinski definition) is 1. The number of nitrogens with zero attached hydrogens (tertiary/aromatic N) is 1. The third-order valence-electron chi connectivity index (χ3n) is 3.06. The second kappa shape index (κ2) is 7.64. The molecule has 1 aromatic heterocycles. The largest absolute Gasteiger partial charge is 0.496 e. The first-order valence-corrected chi connectivity index (χ1v) is 7.51. The van der Waals surface area contributed by atoms with E-state index in [0.29, 0.717) is 17.2 Å². The summed E-state index contributed by atoms with van der Waals surface area (Å²) in [5, 5.41) is 2.87. The van der Waals surface area contributed by atoms with Gasteiger partial charge in [-0.05, 0) is 0 Å². The van der Waals surface area contributed by atoms with E-state index in [1.807, 2.05) is 0 Å². The van der Waals surface area contributed by atoms with Crippen LogP contribution >= 0.6 is 11.3 Å². The van der Waals surface area contributed by atoms with Crippen molar-refractivity contribution in [1.29, 1.82) is 0 Å². The Morgan fingerprint density at radius 3 is 2.21 bits per heavy atom. The fourth-order valence-electron chi connectivity index (χ4n) is 1.90. The van der Waals surface area contributed by atoms with Gasteiger partial charge in [-0.2, -0.15) is 0 Å². The molecule has 0 aliphatic heterocycles. The Morgan fingerprint density at radius 1 is 1.00 bits per heavy atom. The molecule has 0 spiro atoms. The summed E-state index contributed by atoms with van der Waals surface area (Å²) in [5.74, 6) is 0.163. The molecule has 0 radical (unpaired) electrons. The number of hydrogen-bond acceptors (Lipinski definition) is 8. The molecule has 9 heteroatoms. The quantitative estimate of drug-likeness (QED) is 0.796. The van der Waals surface area contributed by atoms with Crippen LogP contribution in [0.15, 0.2) is 18.3 Å². The lowest BCUT2D eigenvalue weighted by atomic mass is 10.1. The number of aromatic nitrogens is 1. The van der Waals surface area contributed by atoms with E-state index in [2.05, 4.69) is 15.0 Å². The Morgan fingerprint density at radius 2 is 1.62 bits per heavy atom. The third-order valence-corrected chi connectivity index (χ3v) is 3.96. The summed E-state index contributed by atoms with van der Waals surface area (Å²) in [7, 11) is 5.67. The molecule has 1 N–H and O–H groups in total. The number of esters is 1. The number of carbonyl (C=O) groups excluding carboxylic acids is 2. The normalized spacial score (nSPS) is 10.0. The fourth-order valence-corrected chi connectivity index (χ4v) is 2.63. The predicted octanol–water partition coefficient (Wildman–Crippen LogP) is 2.21. The van der Waals surface area contributed by atoms with Crippen LogP contribution in [0.4, 0.5) is 5.13 Å². The number of amides is 1. The number of carbonyl (C=O) groups is 2. The van der Waals surface area contributed by atoms with Crippen LogP contribution in [0, 0.1) is 0 Å². The van der Waals surface area contributed by atoms with Crippen LogP contribution in [0.2, 0.25) is 0 Å². The van der Waals surface area contributed by atoms with E-state index < -0.39 is 11.9 Å². The van der Waals surface area contributed by atoms with Crippen molar-refractivity contribution in [3.8, 4) is 17.2 Å². The van der Waals surface area contributed by atoms with Crippen molar-refractivity contribution in [1.82, 2.24) is 4.98 Å². The van der Waals surface area contributed by atoms with Gasteiger partial charge in [-0.1, -0.05) is 11.3 Å². The number of rotatable bonds is 6. The van der Waals surface area contributed by atoms with Gasteiger partial charge >= 0.3 is 5.97 Å². The first-order valence-electron chi connectivity index (χ1n) is 6.69. The molecule has 1 heterocycles. The predicted molar refractivity (Wildman–Crippen MR) is 87.5 cm³/mol. The van der Waals surface area contributed by atoms with Crippen molar-refractivity contribution in [2.45, 2.75) is 0 Å². The Hall–Kier alpha value is -2.81. The minimum Gasteiger partial charge on any atom is -0.496 e. The standard InChI is InChI=1S/C15H16N2O6S/c1-20-9-6-11(22-3)10(21-2)5-8(9)13(18)17-15-16-7-12(24-15)14(19)23-4/h5-7H,1-4H3,(H,16,17,18). The highest BCUT2D eigenvalue weighted by molar-refractivity contribution is 7.17. The van der Waals surface area contributed by atoms with Crippen LogP contribution in [0.5, 0.6) is 17.2 Å². The van der Waals surface area contributed by atoms with Crippen molar-refractivity contribution in [2.75, 3.05) is 33.8 Å². The molecule has 1 aromatic carbocycles. The zero-order valence-electron chi connectivity index (χ0n) is 13.5. The van der Waals surface area contributed by atoms with Gasteiger partial charge in [-0.3, -0.25) is 10.1 Å². The van der Waals surface area contributed by atoms with Gasteiger partial charge in [0.25, 0.3) is 5.91 Å². The van der Waals surface area contributed by atoms with Gasteiger partial charge in [0.05, 0.1) is 40.2 Å². The molecular formula is C15H16N2O6S. The number of nitrogens with one attached hydrogen (secondary N) is 1. The third kappa shape index (κ3) is 3.57. The highest BCUT2D eigenvalue weighted by Crippen LogP contribution is 2.35.